The Morgan fingerprint density at radius 3 is 1.94 bits per heavy atom. The fourth-order valence-corrected chi connectivity index (χ4v) is 3.69. The van der Waals surface area contributed by atoms with Crippen LogP contribution in [0.4, 0.5) is 0 Å². The Kier molecular flexibility index (Phi) is 6.68. The number of esters is 1. The summed E-state index contributed by atoms with van der Waals surface area (Å²) in [5, 5.41) is 0. The molecule has 0 spiro atoms. The third-order valence-electron chi connectivity index (χ3n) is 5.41. The van der Waals surface area contributed by atoms with Crippen molar-refractivity contribution in [2.24, 2.45) is 5.92 Å². The van der Waals surface area contributed by atoms with Crippen molar-refractivity contribution in [3.05, 3.63) is 70.8 Å². The number of amides is 2. The van der Waals surface area contributed by atoms with Crippen LogP contribution < -0.4 is 0 Å². The van der Waals surface area contributed by atoms with Crippen molar-refractivity contribution in [3.8, 4) is 0 Å². The summed E-state index contributed by atoms with van der Waals surface area (Å²) in [6.07, 6.45) is 0.0665. The zero-order valence-corrected chi connectivity index (χ0v) is 18.3. The number of ketones is 1. The normalized spacial score (nSPS) is 15.1. The fraction of sp³-hybridized carbons (Fsp3) is 0.360. The molecule has 6 heteroatoms. The summed E-state index contributed by atoms with van der Waals surface area (Å²) in [5.41, 5.74) is 2.09. The van der Waals surface area contributed by atoms with Crippen molar-refractivity contribution in [1.29, 1.82) is 0 Å². The van der Waals surface area contributed by atoms with Gasteiger partial charge in [0.1, 0.15) is 6.04 Å². The van der Waals surface area contributed by atoms with E-state index < -0.39 is 29.9 Å². The Hall–Kier alpha value is -3.28. The highest BCUT2D eigenvalue weighted by Gasteiger charge is 2.44. The quantitative estimate of drug-likeness (QED) is 0.365. The second kappa shape index (κ2) is 9.25. The minimum Gasteiger partial charge on any atom is -0.453 e. The molecule has 0 aliphatic carbocycles. The van der Waals surface area contributed by atoms with Crippen LogP contribution in [0.1, 0.15) is 70.8 Å². The molecule has 0 aromatic heterocycles. The van der Waals surface area contributed by atoms with Gasteiger partial charge in [-0.25, -0.2) is 4.79 Å². The average Bonchev–Trinajstić information content (AvgIpc) is 3.01. The topological polar surface area (TPSA) is 80.8 Å². The van der Waals surface area contributed by atoms with E-state index in [1.165, 1.54) is 6.92 Å². The standard InChI is InChI=1S/C25H27NO5/c1-5-17-10-12-18(13-11-17)22(27)16(4)31-25(30)21(14-15(2)3)26-23(28)19-8-6-7-9-20(19)24(26)29/h6-13,15-16,21H,5,14H2,1-4H3. The molecule has 31 heavy (non-hydrogen) atoms. The van der Waals surface area contributed by atoms with Crippen molar-refractivity contribution < 1.29 is 23.9 Å². The van der Waals surface area contributed by atoms with Crippen molar-refractivity contribution in [1.82, 2.24) is 4.90 Å². The molecule has 2 amide bonds. The Morgan fingerprint density at radius 2 is 1.45 bits per heavy atom. The van der Waals surface area contributed by atoms with E-state index in [0.717, 1.165) is 16.9 Å². The van der Waals surface area contributed by atoms with Gasteiger partial charge in [-0.2, -0.15) is 0 Å². The molecule has 0 saturated heterocycles. The van der Waals surface area contributed by atoms with Gasteiger partial charge in [0.25, 0.3) is 11.8 Å². The molecule has 3 rings (SSSR count). The van der Waals surface area contributed by atoms with E-state index in [2.05, 4.69) is 0 Å². The molecule has 6 nitrogen and oxygen atoms in total. The molecule has 0 saturated carbocycles. The first kappa shape index (κ1) is 22.4. The predicted molar refractivity (Wildman–Crippen MR) is 116 cm³/mol. The second-order valence-corrected chi connectivity index (χ2v) is 8.17. The molecule has 0 radical (unpaired) electrons. The molecular weight excluding hydrogens is 394 g/mol. The van der Waals surface area contributed by atoms with Gasteiger partial charge >= 0.3 is 5.97 Å². The number of imide groups is 1. The van der Waals surface area contributed by atoms with Crippen LogP contribution in [0, 0.1) is 5.92 Å². The first-order valence-electron chi connectivity index (χ1n) is 10.5. The Bertz CT molecular complexity index is 974. The Labute approximate surface area is 182 Å². The van der Waals surface area contributed by atoms with E-state index in [0.29, 0.717) is 5.56 Å². The number of fused-ring (bicyclic) bond motifs is 1. The zero-order chi connectivity index (χ0) is 22.7. The lowest BCUT2D eigenvalue weighted by Gasteiger charge is -2.27. The van der Waals surface area contributed by atoms with Crippen LogP contribution in [0.15, 0.2) is 48.5 Å². The summed E-state index contributed by atoms with van der Waals surface area (Å²) >= 11 is 0. The lowest BCUT2D eigenvalue weighted by Crippen LogP contribution is -2.47. The summed E-state index contributed by atoms with van der Waals surface area (Å²) in [6.45, 7) is 7.31. The number of ether oxygens (including phenoxy) is 1. The molecule has 0 bridgehead atoms. The van der Waals surface area contributed by atoms with E-state index in [-0.39, 0.29) is 29.2 Å². The van der Waals surface area contributed by atoms with Gasteiger partial charge in [-0.3, -0.25) is 19.3 Å². The molecule has 2 aromatic rings. The van der Waals surface area contributed by atoms with Gasteiger partial charge in [-0.1, -0.05) is 57.2 Å². The van der Waals surface area contributed by atoms with E-state index in [1.54, 1.807) is 36.4 Å². The number of hydrogen-bond donors (Lipinski definition) is 0. The number of Topliss-reactive ketones (excluding diaryl/α,β-unsaturated/α-hetero) is 1. The van der Waals surface area contributed by atoms with E-state index >= 15 is 0 Å². The molecule has 0 fully saturated rings. The smallest absolute Gasteiger partial charge is 0.330 e. The van der Waals surface area contributed by atoms with Crippen LogP contribution in [0.3, 0.4) is 0 Å². The molecule has 1 aliphatic heterocycles. The molecule has 0 N–H and O–H groups in total. The number of nitrogens with zero attached hydrogens (tertiary/aromatic N) is 1. The maximum Gasteiger partial charge on any atom is 0.330 e. The van der Waals surface area contributed by atoms with Crippen molar-refractivity contribution in [3.63, 3.8) is 0 Å². The van der Waals surface area contributed by atoms with Crippen LogP contribution in [-0.2, 0) is 16.0 Å². The first-order chi connectivity index (χ1) is 14.7. The van der Waals surface area contributed by atoms with Gasteiger partial charge in [0.15, 0.2) is 6.10 Å². The minimum atomic E-state index is -1.09. The Balaban J connectivity index is 1.79. The van der Waals surface area contributed by atoms with Crippen molar-refractivity contribution in [2.45, 2.75) is 52.7 Å². The van der Waals surface area contributed by atoms with E-state index in [9.17, 15) is 19.2 Å². The van der Waals surface area contributed by atoms with Gasteiger partial charge in [0.05, 0.1) is 11.1 Å². The predicted octanol–water partition coefficient (Wildman–Crippen LogP) is 4.07. The summed E-state index contributed by atoms with van der Waals surface area (Å²) in [4.78, 5) is 52.5. The molecule has 1 aliphatic rings. The number of hydrogen-bond acceptors (Lipinski definition) is 5. The van der Waals surface area contributed by atoms with Crippen LogP contribution in [-0.4, -0.2) is 40.6 Å². The van der Waals surface area contributed by atoms with Crippen LogP contribution >= 0.6 is 0 Å². The highest BCUT2D eigenvalue weighted by molar-refractivity contribution is 6.22. The van der Waals surface area contributed by atoms with Gasteiger partial charge < -0.3 is 4.74 Å². The summed E-state index contributed by atoms with van der Waals surface area (Å²) in [5.74, 6) is -2.10. The maximum atomic E-state index is 13.0. The summed E-state index contributed by atoms with van der Waals surface area (Å²) in [7, 11) is 0. The van der Waals surface area contributed by atoms with E-state index in [4.69, 9.17) is 4.74 Å². The molecular formula is C25H27NO5. The SMILES string of the molecule is CCc1ccc(C(=O)C(C)OC(=O)C(CC(C)C)N2C(=O)c3ccccc3C2=O)cc1. The molecule has 2 unspecified atom stereocenters. The van der Waals surface area contributed by atoms with Gasteiger partial charge in [-0.05, 0) is 43.4 Å². The number of rotatable bonds is 8. The molecule has 1 heterocycles. The number of aryl methyl sites for hydroxylation is 1. The van der Waals surface area contributed by atoms with Crippen molar-refractivity contribution in [2.75, 3.05) is 0 Å². The number of benzene rings is 2. The monoisotopic (exact) mass is 421 g/mol. The zero-order valence-electron chi connectivity index (χ0n) is 18.3. The average molecular weight is 421 g/mol. The van der Waals surface area contributed by atoms with Gasteiger partial charge in [0.2, 0.25) is 5.78 Å². The van der Waals surface area contributed by atoms with Crippen LogP contribution in [0.25, 0.3) is 0 Å². The Morgan fingerprint density at radius 1 is 0.903 bits per heavy atom. The lowest BCUT2D eigenvalue weighted by molar-refractivity contribution is -0.151. The van der Waals surface area contributed by atoms with E-state index in [1.807, 2.05) is 32.9 Å². The summed E-state index contributed by atoms with van der Waals surface area (Å²) in [6, 6.07) is 12.5. The third-order valence-corrected chi connectivity index (χ3v) is 5.41. The van der Waals surface area contributed by atoms with Crippen LogP contribution in [0.5, 0.6) is 0 Å². The van der Waals surface area contributed by atoms with Crippen LogP contribution in [0.2, 0.25) is 0 Å². The highest BCUT2D eigenvalue weighted by Crippen LogP contribution is 2.27. The van der Waals surface area contributed by atoms with Gasteiger partial charge in [0, 0.05) is 5.56 Å². The number of carbonyl (C=O) groups excluding carboxylic acids is 4. The fourth-order valence-electron chi connectivity index (χ4n) is 3.69. The minimum absolute atomic E-state index is 0.0226. The number of carbonyl (C=O) groups is 4. The second-order valence-electron chi connectivity index (χ2n) is 8.17. The molecule has 2 atom stereocenters. The lowest BCUT2D eigenvalue weighted by atomic mass is 10.0. The molecule has 2 aromatic carbocycles. The maximum absolute atomic E-state index is 13.0. The molecule has 162 valence electrons. The van der Waals surface area contributed by atoms with Gasteiger partial charge in [-0.15, -0.1) is 0 Å². The van der Waals surface area contributed by atoms with Crippen molar-refractivity contribution >= 4 is 23.6 Å². The highest BCUT2D eigenvalue weighted by atomic mass is 16.5. The largest absolute Gasteiger partial charge is 0.453 e. The third kappa shape index (κ3) is 4.58. The summed E-state index contributed by atoms with van der Waals surface area (Å²) < 4.78 is 5.46. The first-order valence-corrected chi connectivity index (χ1v) is 10.5.